The van der Waals surface area contributed by atoms with Crippen molar-refractivity contribution < 1.29 is 23.7 Å². The third-order valence-electron chi connectivity index (χ3n) is 6.97. The molecule has 0 aliphatic rings. The summed E-state index contributed by atoms with van der Waals surface area (Å²) in [5.74, 6) is 1.75. The van der Waals surface area contributed by atoms with Gasteiger partial charge in [0.2, 0.25) is 0 Å². The number of rotatable bonds is 13. The summed E-state index contributed by atoms with van der Waals surface area (Å²) in [6, 6.07) is 14.8. The number of aryl methyl sites for hydroxylation is 1. The summed E-state index contributed by atoms with van der Waals surface area (Å²) in [6.45, 7) is 14.3. The number of hydrogen-bond acceptors (Lipinski definition) is 8. The van der Waals surface area contributed by atoms with Crippen molar-refractivity contribution in [3.05, 3.63) is 93.8 Å². The van der Waals surface area contributed by atoms with E-state index in [1.165, 1.54) is 11.8 Å². The molecule has 0 spiro atoms. The molecule has 9 nitrogen and oxygen atoms in total. The minimum absolute atomic E-state index is 0.181. The van der Waals surface area contributed by atoms with E-state index in [2.05, 4.69) is 25.5 Å². The van der Waals surface area contributed by atoms with Crippen molar-refractivity contribution in [2.45, 2.75) is 47.0 Å². The van der Waals surface area contributed by atoms with E-state index in [4.69, 9.17) is 23.9 Å². The van der Waals surface area contributed by atoms with Gasteiger partial charge in [-0.15, -0.1) is 6.58 Å². The van der Waals surface area contributed by atoms with E-state index in [0.717, 1.165) is 28.0 Å². The number of allylic oxidation sites excluding steroid dienone is 1. The van der Waals surface area contributed by atoms with Crippen LogP contribution in [0.15, 0.2) is 71.1 Å². The van der Waals surface area contributed by atoms with Crippen molar-refractivity contribution >= 4 is 23.1 Å². The minimum atomic E-state index is -0.481. The van der Waals surface area contributed by atoms with Crippen molar-refractivity contribution in [3.63, 3.8) is 0 Å². The van der Waals surface area contributed by atoms with E-state index in [1.54, 1.807) is 37.4 Å². The topological polar surface area (TPSA) is 101 Å². The maximum Gasteiger partial charge on any atom is 0.344 e. The summed E-state index contributed by atoms with van der Waals surface area (Å²) in [7, 11) is 1.52. The van der Waals surface area contributed by atoms with Gasteiger partial charge in [-0.25, -0.2) is 9.78 Å². The first-order chi connectivity index (χ1) is 21.2. The average Bonchev–Trinajstić information content (AvgIpc) is 3.00. The maximum absolute atomic E-state index is 13.9. The van der Waals surface area contributed by atoms with Gasteiger partial charge in [-0.1, -0.05) is 32.1 Å². The fourth-order valence-corrected chi connectivity index (χ4v) is 4.91. The number of nitrogens with zero attached hydrogens (tertiary/aromatic N) is 3. The highest BCUT2D eigenvalue weighted by Gasteiger charge is 2.19. The Morgan fingerprint density at radius 2 is 1.84 bits per heavy atom. The lowest BCUT2D eigenvalue weighted by Crippen LogP contribution is -2.21. The van der Waals surface area contributed by atoms with Crippen LogP contribution in [0.3, 0.4) is 0 Å². The second kappa shape index (κ2) is 14.5. The Labute approximate surface area is 257 Å². The molecule has 0 amide bonds. The van der Waals surface area contributed by atoms with E-state index in [1.807, 2.05) is 44.2 Å². The summed E-state index contributed by atoms with van der Waals surface area (Å²) < 4.78 is 23.7. The number of hydrogen-bond donors (Lipinski definition) is 0. The number of carbonyl (C=O) groups excluding carboxylic acids is 1. The Morgan fingerprint density at radius 3 is 2.52 bits per heavy atom. The zero-order chi connectivity index (χ0) is 31.8. The van der Waals surface area contributed by atoms with Crippen LogP contribution in [0.25, 0.3) is 22.3 Å². The zero-order valence-corrected chi connectivity index (χ0v) is 26.2. The lowest BCUT2D eigenvalue weighted by molar-refractivity contribution is -0.145. The summed E-state index contributed by atoms with van der Waals surface area (Å²) >= 11 is 0. The van der Waals surface area contributed by atoms with Crippen LogP contribution in [0.1, 0.15) is 55.9 Å². The van der Waals surface area contributed by atoms with Crippen LogP contribution in [0.2, 0.25) is 0 Å². The van der Waals surface area contributed by atoms with Gasteiger partial charge in [0.15, 0.2) is 23.9 Å². The SMILES string of the molecule is C=CCc1cc(C=Nn2c(-c3cc(C(C)C)c(OCC)cc3C)nc3ccccc3c2=O)cc(OC)c1OCC(=O)OCC. The quantitative estimate of drug-likeness (QED) is 0.0991. The van der Waals surface area contributed by atoms with Crippen molar-refractivity contribution in [1.82, 2.24) is 9.66 Å². The molecule has 3 aromatic carbocycles. The summed E-state index contributed by atoms with van der Waals surface area (Å²) in [6.07, 6.45) is 3.75. The van der Waals surface area contributed by atoms with E-state index in [9.17, 15) is 9.59 Å². The largest absolute Gasteiger partial charge is 0.494 e. The minimum Gasteiger partial charge on any atom is -0.494 e. The number of carbonyl (C=O) groups is 1. The van der Waals surface area contributed by atoms with Gasteiger partial charge >= 0.3 is 5.97 Å². The zero-order valence-electron chi connectivity index (χ0n) is 26.2. The molecule has 0 bridgehead atoms. The maximum atomic E-state index is 13.9. The van der Waals surface area contributed by atoms with Gasteiger partial charge in [-0.3, -0.25) is 4.79 Å². The predicted octanol–water partition coefficient (Wildman–Crippen LogP) is 6.46. The third-order valence-corrected chi connectivity index (χ3v) is 6.97. The Morgan fingerprint density at radius 1 is 1.07 bits per heavy atom. The highest BCUT2D eigenvalue weighted by Crippen LogP contribution is 2.35. The first-order valence-electron chi connectivity index (χ1n) is 14.7. The van der Waals surface area contributed by atoms with Crippen LogP contribution < -0.4 is 19.8 Å². The van der Waals surface area contributed by atoms with E-state index in [0.29, 0.717) is 46.8 Å². The molecule has 0 aliphatic heterocycles. The lowest BCUT2D eigenvalue weighted by Gasteiger charge is -2.18. The van der Waals surface area contributed by atoms with Crippen LogP contribution in [-0.4, -0.2) is 48.8 Å². The second-order valence-corrected chi connectivity index (χ2v) is 10.4. The summed E-state index contributed by atoms with van der Waals surface area (Å²) in [4.78, 5) is 30.7. The molecule has 0 atom stereocenters. The van der Waals surface area contributed by atoms with Crippen molar-refractivity contribution in [1.29, 1.82) is 0 Å². The number of esters is 1. The van der Waals surface area contributed by atoms with Gasteiger partial charge in [0, 0.05) is 11.1 Å². The van der Waals surface area contributed by atoms with Gasteiger partial charge in [-0.2, -0.15) is 9.78 Å². The van der Waals surface area contributed by atoms with Crippen molar-refractivity contribution in [2.75, 3.05) is 26.9 Å². The molecule has 0 saturated heterocycles. The number of aromatic nitrogens is 2. The number of para-hydroxylation sites is 1. The number of ether oxygens (including phenoxy) is 4. The van der Waals surface area contributed by atoms with Crippen LogP contribution in [0.4, 0.5) is 0 Å². The molecule has 0 fully saturated rings. The first kappa shape index (κ1) is 32.0. The molecule has 9 heteroatoms. The van der Waals surface area contributed by atoms with Crippen LogP contribution in [0.5, 0.6) is 17.2 Å². The Hall–Kier alpha value is -4.92. The van der Waals surface area contributed by atoms with E-state index in [-0.39, 0.29) is 24.7 Å². The van der Waals surface area contributed by atoms with Crippen LogP contribution in [-0.2, 0) is 16.0 Å². The summed E-state index contributed by atoms with van der Waals surface area (Å²) in [5.41, 5.74) is 4.37. The molecule has 1 aromatic heterocycles. The first-order valence-corrected chi connectivity index (χ1v) is 14.7. The fourth-order valence-electron chi connectivity index (χ4n) is 4.91. The van der Waals surface area contributed by atoms with E-state index < -0.39 is 5.97 Å². The third kappa shape index (κ3) is 6.99. The Balaban J connectivity index is 1.88. The molecule has 1 heterocycles. The van der Waals surface area contributed by atoms with Gasteiger partial charge in [0.25, 0.3) is 5.56 Å². The smallest absolute Gasteiger partial charge is 0.344 e. The highest BCUT2D eigenvalue weighted by atomic mass is 16.6. The standard InChI is InChI=1S/C35H39N3O6/c1-8-13-25-17-24(18-31(41-7)33(25)44-21-32(39)43-10-3)20-36-38-34(37-29-15-12-11-14-26(29)35(38)40)28-19-27(22(4)5)30(42-9-2)16-23(28)6/h8,11-12,14-20,22H,1,9-10,13,21H2,2-7H3. The van der Waals surface area contributed by atoms with Gasteiger partial charge in [0.05, 0.1) is 37.4 Å². The second-order valence-electron chi connectivity index (χ2n) is 10.4. The fraction of sp³-hybridized carbons (Fsp3) is 0.314. The molecule has 0 unspecified atom stereocenters. The molecule has 230 valence electrons. The molecular formula is C35H39N3O6. The Bertz CT molecular complexity index is 1760. The molecule has 0 N–H and O–H groups in total. The molecule has 0 saturated carbocycles. The molecule has 4 rings (SSSR count). The van der Waals surface area contributed by atoms with Crippen LogP contribution >= 0.6 is 0 Å². The number of methoxy groups -OCH3 is 1. The predicted molar refractivity (Wildman–Crippen MR) is 173 cm³/mol. The summed E-state index contributed by atoms with van der Waals surface area (Å²) in [5, 5.41) is 5.12. The van der Waals surface area contributed by atoms with Crippen LogP contribution in [0, 0.1) is 6.92 Å². The van der Waals surface area contributed by atoms with E-state index >= 15 is 0 Å². The molecule has 4 aromatic rings. The Kier molecular flexibility index (Phi) is 10.6. The number of fused-ring (bicyclic) bond motifs is 1. The molecular weight excluding hydrogens is 558 g/mol. The van der Waals surface area contributed by atoms with Gasteiger partial charge in [-0.05, 0) is 86.2 Å². The number of benzene rings is 3. The van der Waals surface area contributed by atoms with Crippen molar-refractivity contribution in [2.24, 2.45) is 5.10 Å². The van der Waals surface area contributed by atoms with Gasteiger partial charge < -0.3 is 18.9 Å². The monoisotopic (exact) mass is 597 g/mol. The molecule has 0 aliphatic carbocycles. The average molecular weight is 598 g/mol. The lowest BCUT2D eigenvalue weighted by atomic mass is 9.96. The normalized spacial score (nSPS) is 11.2. The van der Waals surface area contributed by atoms with Gasteiger partial charge in [0.1, 0.15) is 5.75 Å². The highest BCUT2D eigenvalue weighted by molar-refractivity contribution is 5.84. The molecule has 0 radical (unpaired) electrons. The van der Waals surface area contributed by atoms with Crippen molar-refractivity contribution in [3.8, 4) is 28.6 Å². The molecule has 44 heavy (non-hydrogen) atoms.